The topological polar surface area (TPSA) is 133 Å². The first-order chi connectivity index (χ1) is 17.3. The monoisotopic (exact) mass is 485 g/mol. The normalized spacial score (nSPS) is 19.9. The number of rotatable bonds is 6. The Labute approximate surface area is 208 Å². The molecule has 3 heterocycles. The highest BCUT2D eigenvalue weighted by atomic mass is 16.5. The van der Waals surface area contributed by atoms with Gasteiger partial charge in [0.1, 0.15) is 5.82 Å². The quantitative estimate of drug-likeness (QED) is 0.385. The van der Waals surface area contributed by atoms with Crippen LogP contribution in [0.4, 0.5) is 5.82 Å². The fourth-order valence-corrected chi connectivity index (χ4v) is 5.09. The Morgan fingerprint density at radius 2 is 1.81 bits per heavy atom. The van der Waals surface area contributed by atoms with Crippen molar-refractivity contribution >= 4 is 23.2 Å². The Hall–Kier alpha value is -4.11. The molecular formula is C27H27N5O4. The maximum atomic E-state index is 12.6. The first-order valence-electron chi connectivity index (χ1n) is 11.8. The molecule has 0 bridgehead atoms. The van der Waals surface area contributed by atoms with Gasteiger partial charge in [0.05, 0.1) is 23.1 Å². The number of methoxy groups -OCH3 is 1. The SMILES string of the molecule is CO[C@]1(C(=O)O)CC[C@@H](c2nc3c(-c4ccc(-c5ccccc5)nc4)cnn3c(N)c2C(C)=O)CC1. The van der Waals surface area contributed by atoms with Crippen molar-refractivity contribution in [1.29, 1.82) is 0 Å². The number of ketones is 1. The minimum Gasteiger partial charge on any atom is -0.479 e. The number of carboxylic acids is 1. The number of nitrogens with zero attached hydrogens (tertiary/aromatic N) is 4. The zero-order valence-electron chi connectivity index (χ0n) is 20.1. The van der Waals surface area contributed by atoms with Crippen LogP contribution in [0.2, 0.25) is 0 Å². The van der Waals surface area contributed by atoms with Crippen LogP contribution < -0.4 is 5.73 Å². The van der Waals surface area contributed by atoms with Gasteiger partial charge in [-0.05, 0) is 38.7 Å². The van der Waals surface area contributed by atoms with Crippen LogP contribution in [0.1, 0.15) is 54.6 Å². The smallest absolute Gasteiger partial charge is 0.335 e. The maximum Gasteiger partial charge on any atom is 0.335 e. The van der Waals surface area contributed by atoms with Crippen molar-refractivity contribution in [1.82, 2.24) is 19.6 Å². The van der Waals surface area contributed by atoms with Gasteiger partial charge in [0, 0.05) is 35.9 Å². The Bertz CT molecular complexity index is 1440. The van der Waals surface area contributed by atoms with Crippen LogP contribution >= 0.6 is 0 Å². The number of hydrogen-bond acceptors (Lipinski definition) is 7. The molecule has 1 saturated carbocycles. The van der Waals surface area contributed by atoms with E-state index in [-0.39, 0.29) is 17.5 Å². The van der Waals surface area contributed by atoms with E-state index in [2.05, 4.69) is 10.1 Å². The van der Waals surface area contributed by atoms with E-state index in [1.807, 2.05) is 42.5 Å². The molecule has 0 saturated heterocycles. The van der Waals surface area contributed by atoms with E-state index in [4.69, 9.17) is 15.5 Å². The first-order valence-corrected chi connectivity index (χ1v) is 11.8. The first kappa shape index (κ1) is 23.6. The van der Waals surface area contributed by atoms with Crippen molar-refractivity contribution in [3.05, 3.63) is 66.1 Å². The molecular weight excluding hydrogens is 458 g/mol. The summed E-state index contributed by atoms with van der Waals surface area (Å²) in [7, 11) is 1.42. The number of aliphatic carboxylic acids is 1. The van der Waals surface area contributed by atoms with Gasteiger partial charge >= 0.3 is 5.97 Å². The molecule has 3 N–H and O–H groups in total. The lowest BCUT2D eigenvalue weighted by Gasteiger charge is -2.35. The van der Waals surface area contributed by atoms with Gasteiger partial charge in [-0.1, -0.05) is 36.4 Å². The highest BCUT2D eigenvalue weighted by molar-refractivity contribution is 6.00. The molecule has 5 rings (SSSR count). The third-order valence-electron chi connectivity index (χ3n) is 7.17. The lowest BCUT2D eigenvalue weighted by atomic mass is 9.76. The largest absolute Gasteiger partial charge is 0.479 e. The maximum absolute atomic E-state index is 12.6. The predicted molar refractivity (Wildman–Crippen MR) is 135 cm³/mol. The number of carboxylic acid groups (broad SMARTS) is 1. The lowest BCUT2D eigenvalue weighted by molar-refractivity contribution is -0.166. The number of fused-ring (bicyclic) bond motifs is 1. The number of nitrogen functional groups attached to an aromatic ring is 1. The molecule has 4 aromatic rings. The van der Waals surface area contributed by atoms with Crippen LogP contribution in [-0.4, -0.2) is 49.2 Å². The van der Waals surface area contributed by atoms with Gasteiger partial charge in [-0.2, -0.15) is 9.61 Å². The minimum atomic E-state index is -1.21. The van der Waals surface area contributed by atoms with Crippen LogP contribution in [0, 0.1) is 0 Å². The number of carbonyl (C=O) groups excluding carboxylic acids is 1. The molecule has 1 aromatic carbocycles. The fourth-order valence-electron chi connectivity index (χ4n) is 5.09. The van der Waals surface area contributed by atoms with Gasteiger partial charge in [-0.3, -0.25) is 9.78 Å². The molecule has 9 heteroatoms. The molecule has 0 atom stereocenters. The van der Waals surface area contributed by atoms with Crippen molar-refractivity contribution in [3.8, 4) is 22.4 Å². The molecule has 0 unspecified atom stereocenters. The summed E-state index contributed by atoms with van der Waals surface area (Å²) in [5.74, 6) is -1.07. The van der Waals surface area contributed by atoms with E-state index < -0.39 is 11.6 Å². The van der Waals surface area contributed by atoms with Crippen LogP contribution in [0.3, 0.4) is 0 Å². The van der Waals surface area contributed by atoms with Crippen LogP contribution in [0.25, 0.3) is 28.0 Å². The average Bonchev–Trinajstić information content (AvgIpc) is 3.33. The number of hydrogen-bond donors (Lipinski definition) is 2. The molecule has 0 amide bonds. The molecule has 0 radical (unpaired) electrons. The minimum absolute atomic E-state index is 0.125. The Balaban J connectivity index is 1.55. The van der Waals surface area contributed by atoms with Crippen LogP contribution in [0.15, 0.2) is 54.9 Å². The number of ether oxygens (including phenoxy) is 1. The molecule has 3 aromatic heterocycles. The van der Waals surface area contributed by atoms with E-state index in [1.54, 1.807) is 12.4 Å². The number of carbonyl (C=O) groups is 2. The van der Waals surface area contributed by atoms with Crippen molar-refractivity contribution in [2.45, 2.75) is 44.1 Å². The molecule has 1 aliphatic carbocycles. The number of aromatic nitrogens is 4. The molecule has 36 heavy (non-hydrogen) atoms. The number of benzene rings is 1. The number of anilines is 1. The highest BCUT2D eigenvalue weighted by Crippen LogP contribution is 2.42. The van der Waals surface area contributed by atoms with Gasteiger partial charge in [-0.25, -0.2) is 9.78 Å². The highest BCUT2D eigenvalue weighted by Gasteiger charge is 2.43. The lowest BCUT2D eigenvalue weighted by Crippen LogP contribution is -2.43. The third-order valence-corrected chi connectivity index (χ3v) is 7.17. The Morgan fingerprint density at radius 1 is 1.08 bits per heavy atom. The third kappa shape index (κ3) is 3.91. The second kappa shape index (κ2) is 9.16. The van der Waals surface area contributed by atoms with E-state index in [0.717, 1.165) is 22.4 Å². The van der Waals surface area contributed by atoms with Crippen LogP contribution in [-0.2, 0) is 9.53 Å². The summed E-state index contributed by atoms with van der Waals surface area (Å²) >= 11 is 0. The van der Waals surface area contributed by atoms with Gasteiger partial charge in [-0.15, -0.1) is 0 Å². The zero-order chi connectivity index (χ0) is 25.4. The summed E-state index contributed by atoms with van der Waals surface area (Å²) in [5, 5.41) is 14.1. The summed E-state index contributed by atoms with van der Waals surface area (Å²) < 4.78 is 6.86. The molecule has 1 aliphatic rings. The molecule has 0 aliphatic heterocycles. The number of nitrogens with two attached hydrogens (primary N) is 1. The van der Waals surface area contributed by atoms with Crippen molar-refractivity contribution in [2.75, 3.05) is 12.8 Å². The number of Topliss-reactive ketones (excluding diaryl/α,β-unsaturated/α-hetero) is 1. The predicted octanol–water partition coefficient (Wildman–Crippen LogP) is 4.37. The summed E-state index contributed by atoms with van der Waals surface area (Å²) in [6, 6.07) is 13.8. The van der Waals surface area contributed by atoms with Gasteiger partial charge in [0.15, 0.2) is 17.0 Å². The summed E-state index contributed by atoms with van der Waals surface area (Å²) in [6.07, 6.45) is 5.12. The average molecular weight is 486 g/mol. The second-order valence-corrected chi connectivity index (χ2v) is 9.18. The Morgan fingerprint density at radius 3 is 2.39 bits per heavy atom. The van der Waals surface area contributed by atoms with Crippen molar-refractivity contribution < 1.29 is 19.4 Å². The summed E-state index contributed by atoms with van der Waals surface area (Å²) in [4.78, 5) is 33.9. The van der Waals surface area contributed by atoms with E-state index >= 15 is 0 Å². The number of pyridine rings is 1. The van der Waals surface area contributed by atoms with Crippen LogP contribution in [0.5, 0.6) is 0 Å². The standard InChI is InChI=1S/C27H27N5O4/c1-16(33)22-23(18-10-12-27(36-2,13-11-18)26(34)35)31-25-20(15-30-32(25)24(22)28)19-8-9-21(29-14-19)17-6-4-3-5-7-17/h3-9,14-15,18H,10-13,28H2,1-2H3,(H,34,35)/t18-,27-. The van der Waals surface area contributed by atoms with Gasteiger partial charge < -0.3 is 15.6 Å². The van der Waals surface area contributed by atoms with E-state index in [0.29, 0.717) is 42.6 Å². The van der Waals surface area contributed by atoms with Crippen molar-refractivity contribution in [3.63, 3.8) is 0 Å². The van der Waals surface area contributed by atoms with Gasteiger partial charge in [0.2, 0.25) is 0 Å². The van der Waals surface area contributed by atoms with Crippen molar-refractivity contribution in [2.24, 2.45) is 0 Å². The zero-order valence-corrected chi connectivity index (χ0v) is 20.1. The fraction of sp³-hybridized carbons (Fsp3) is 0.296. The molecule has 184 valence electrons. The molecule has 0 spiro atoms. The van der Waals surface area contributed by atoms with E-state index in [9.17, 15) is 14.7 Å². The molecule has 1 fully saturated rings. The second-order valence-electron chi connectivity index (χ2n) is 9.18. The Kier molecular flexibility index (Phi) is 6.01. The summed E-state index contributed by atoms with van der Waals surface area (Å²) in [5.41, 5.74) is 10.1. The van der Waals surface area contributed by atoms with E-state index in [1.165, 1.54) is 18.5 Å². The van der Waals surface area contributed by atoms with Gasteiger partial charge in [0.25, 0.3) is 0 Å². The summed E-state index contributed by atoms with van der Waals surface area (Å²) in [6.45, 7) is 1.46. The molecule has 9 nitrogen and oxygen atoms in total.